The topological polar surface area (TPSA) is 3.24 Å². The first-order valence-corrected chi connectivity index (χ1v) is 9.60. The molecule has 1 fully saturated rings. The Bertz CT molecular complexity index is 993. The van der Waals surface area contributed by atoms with Gasteiger partial charge in [0.15, 0.2) is 0 Å². The smallest absolute Gasteiger partial charge is 0.0209 e. The van der Waals surface area contributed by atoms with Crippen molar-refractivity contribution >= 4 is 11.8 Å². The first-order valence-electron chi connectivity index (χ1n) is 9.60. The molecule has 3 aliphatic rings. The van der Waals surface area contributed by atoms with E-state index in [-0.39, 0.29) is 0 Å². The van der Waals surface area contributed by atoms with E-state index in [0.29, 0.717) is 0 Å². The predicted molar refractivity (Wildman–Crippen MR) is 99.7 cm³/mol. The monoisotopic (exact) mass is 315 g/mol. The summed E-state index contributed by atoms with van der Waals surface area (Å²) in [5.74, 6) is 0. The average Bonchev–Trinajstić information content (AvgIpc) is 2.67. The minimum atomic E-state index is 1.10. The summed E-state index contributed by atoms with van der Waals surface area (Å²) in [6.45, 7) is 2.53. The highest BCUT2D eigenvalue weighted by Gasteiger charge is 2.20. The second-order valence-corrected chi connectivity index (χ2v) is 7.46. The maximum absolute atomic E-state index is 2.69. The van der Waals surface area contributed by atoms with E-state index in [1.807, 2.05) is 0 Å². The Morgan fingerprint density at radius 1 is 0.667 bits per heavy atom. The Kier molecular flexibility index (Phi) is 3.47. The molecule has 0 atom stereocenters. The molecule has 1 heterocycles. The third-order valence-electron chi connectivity index (χ3n) is 6.10. The molecule has 24 heavy (non-hydrogen) atoms. The molecule has 122 valence electrons. The van der Waals surface area contributed by atoms with Crippen LogP contribution in [0.4, 0.5) is 0 Å². The van der Waals surface area contributed by atoms with E-state index in [1.54, 1.807) is 22.0 Å². The Hall–Kier alpha value is -2.02. The van der Waals surface area contributed by atoms with Crippen LogP contribution in [0.5, 0.6) is 0 Å². The Balaban J connectivity index is 1.79. The molecule has 1 aliphatic heterocycles. The van der Waals surface area contributed by atoms with Gasteiger partial charge in [-0.05, 0) is 76.9 Å². The van der Waals surface area contributed by atoms with Crippen LogP contribution in [0.25, 0.3) is 11.8 Å². The zero-order chi connectivity index (χ0) is 15.9. The fourth-order valence-electron chi connectivity index (χ4n) is 4.93. The van der Waals surface area contributed by atoms with Gasteiger partial charge in [0.2, 0.25) is 0 Å². The molecule has 0 unspecified atom stereocenters. The largest absolute Gasteiger partial charge is 0.374 e. The second-order valence-electron chi connectivity index (χ2n) is 7.46. The fraction of sp³-hybridized carbons (Fsp3) is 0.391. The summed E-state index contributed by atoms with van der Waals surface area (Å²) < 4.78 is 0. The van der Waals surface area contributed by atoms with Gasteiger partial charge in [-0.15, -0.1) is 0 Å². The molecule has 2 aromatic carbocycles. The van der Waals surface area contributed by atoms with Crippen molar-refractivity contribution in [2.24, 2.45) is 0 Å². The molecule has 1 saturated heterocycles. The molecular weight excluding hydrogens is 290 g/mol. The summed E-state index contributed by atoms with van der Waals surface area (Å²) in [6, 6.07) is 13.7. The molecule has 1 nitrogen and oxygen atoms in total. The number of benzene rings is 2. The van der Waals surface area contributed by atoms with Gasteiger partial charge in [0.25, 0.3) is 0 Å². The third kappa shape index (κ3) is 2.22. The molecule has 5 rings (SSSR count). The Labute approximate surface area is 143 Å². The molecule has 0 spiro atoms. The molecule has 0 amide bonds. The summed E-state index contributed by atoms with van der Waals surface area (Å²) >= 11 is 0. The lowest BCUT2D eigenvalue weighted by atomic mass is 9.87. The van der Waals surface area contributed by atoms with Gasteiger partial charge in [-0.1, -0.05) is 42.5 Å². The number of hydrogen-bond acceptors (Lipinski definition) is 1. The van der Waals surface area contributed by atoms with E-state index in [2.05, 4.69) is 47.4 Å². The first-order chi connectivity index (χ1) is 11.9. The van der Waals surface area contributed by atoms with Gasteiger partial charge >= 0.3 is 0 Å². The van der Waals surface area contributed by atoms with Crippen LogP contribution >= 0.6 is 0 Å². The Morgan fingerprint density at radius 2 is 1.50 bits per heavy atom. The molecule has 0 bridgehead atoms. The van der Waals surface area contributed by atoms with Crippen LogP contribution in [-0.4, -0.2) is 18.0 Å². The minimum absolute atomic E-state index is 1.10. The molecule has 0 saturated carbocycles. The molecule has 2 aliphatic carbocycles. The van der Waals surface area contributed by atoms with Crippen LogP contribution < -0.4 is 10.4 Å². The van der Waals surface area contributed by atoms with Gasteiger partial charge in [0, 0.05) is 18.8 Å². The van der Waals surface area contributed by atoms with Gasteiger partial charge in [-0.25, -0.2) is 0 Å². The molecule has 0 radical (unpaired) electrons. The molecule has 2 aromatic rings. The SMILES string of the molecule is C1=c2ccccc2=c2ccc3c(c2C1)CCCC=3N1CCCCC1. The number of rotatable bonds is 1. The lowest BCUT2D eigenvalue weighted by Crippen LogP contribution is -2.35. The quantitative estimate of drug-likeness (QED) is 0.781. The molecule has 0 aromatic heterocycles. The van der Waals surface area contributed by atoms with E-state index in [4.69, 9.17) is 0 Å². The van der Waals surface area contributed by atoms with Crippen molar-refractivity contribution < 1.29 is 0 Å². The highest BCUT2D eigenvalue weighted by atomic mass is 15.1. The van der Waals surface area contributed by atoms with E-state index in [0.717, 1.165) is 6.42 Å². The lowest BCUT2D eigenvalue weighted by Gasteiger charge is -2.34. The van der Waals surface area contributed by atoms with E-state index < -0.39 is 0 Å². The highest BCUT2D eigenvalue weighted by Crippen LogP contribution is 2.25. The predicted octanol–water partition coefficient (Wildman–Crippen LogP) is 3.24. The van der Waals surface area contributed by atoms with Crippen LogP contribution in [0.3, 0.4) is 0 Å². The van der Waals surface area contributed by atoms with Crippen LogP contribution in [0, 0.1) is 10.4 Å². The van der Waals surface area contributed by atoms with Gasteiger partial charge in [-0.2, -0.15) is 0 Å². The number of nitrogens with zero attached hydrogens (tertiary/aromatic N) is 1. The molecular formula is C23H25N. The minimum Gasteiger partial charge on any atom is -0.374 e. The fourth-order valence-corrected chi connectivity index (χ4v) is 4.93. The van der Waals surface area contributed by atoms with Crippen molar-refractivity contribution in [3.63, 3.8) is 0 Å². The van der Waals surface area contributed by atoms with Gasteiger partial charge in [-0.3, -0.25) is 0 Å². The number of hydrogen-bond donors (Lipinski definition) is 0. The highest BCUT2D eigenvalue weighted by molar-refractivity contribution is 5.53. The van der Waals surface area contributed by atoms with Gasteiger partial charge in [0.1, 0.15) is 0 Å². The lowest BCUT2D eigenvalue weighted by molar-refractivity contribution is 0.313. The van der Waals surface area contributed by atoms with Gasteiger partial charge < -0.3 is 4.90 Å². The summed E-state index contributed by atoms with van der Waals surface area (Å²) in [5, 5.41) is 5.87. The zero-order valence-electron chi connectivity index (χ0n) is 14.4. The maximum Gasteiger partial charge on any atom is 0.0209 e. The van der Waals surface area contributed by atoms with Crippen molar-refractivity contribution in [3.05, 3.63) is 68.4 Å². The summed E-state index contributed by atoms with van der Waals surface area (Å²) in [4.78, 5) is 2.69. The first kappa shape index (κ1) is 14.3. The maximum atomic E-state index is 2.69. The number of likely N-dealkylation sites (tertiary alicyclic amines) is 1. The number of fused-ring (bicyclic) bond motifs is 4. The van der Waals surface area contributed by atoms with Crippen LogP contribution in [-0.2, 0) is 12.8 Å². The van der Waals surface area contributed by atoms with Crippen molar-refractivity contribution in [3.8, 4) is 0 Å². The van der Waals surface area contributed by atoms with Crippen LogP contribution in [0.2, 0.25) is 0 Å². The van der Waals surface area contributed by atoms with Crippen molar-refractivity contribution in [2.45, 2.75) is 44.9 Å². The summed E-state index contributed by atoms with van der Waals surface area (Å²) in [7, 11) is 0. The van der Waals surface area contributed by atoms with E-state index >= 15 is 0 Å². The van der Waals surface area contributed by atoms with E-state index in [9.17, 15) is 0 Å². The molecule has 0 N–H and O–H groups in total. The normalized spacial score (nSPS) is 19.2. The van der Waals surface area contributed by atoms with Crippen LogP contribution in [0.15, 0.2) is 36.4 Å². The van der Waals surface area contributed by atoms with Crippen molar-refractivity contribution in [2.75, 3.05) is 13.1 Å². The second kappa shape index (κ2) is 5.81. The average molecular weight is 315 g/mol. The summed E-state index contributed by atoms with van der Waals surface area (Å²) in [6.07, 6.45) is 11.5. The Morgan fingerprint density at radius 3 is 2.42 bits per heavy atom. The van der Waals surface area contributed by atoms with Crippen molar-refractivity contribution in [1.29, 1.82) is 0 Å². The third-order valence-corrected chi connectivity index (χ3v) is 6.10. The zero-order valence-corrected chi connectivity index (χ0v) is 14.4. The van der Waals surface area contributed by atoms with Crippen LogP contribution in [0.1, 0.15) is 43.2 Å². The van der Waals surface area contributed by atoms with Gasteiger partial charge in [0.05, 0.1) is 0 Å². The molecule has 1 heteroatoms. The number of piperidine rings is 1. The van der Waals surface area contributed by atoms with Crippen molar-refractivity contribution in [1.82, 2.24) is 4.90 Å². The van der Waals surface area contributed by atoms with E-state index in [1.165, 1.54) is 67.3 Å². The standard InChI is InChI=1S/C23H25N/c1-4-15-24(16-5-1)23-10-6-9-19-21-12-11-17-7-2-3-8-18(17)20(21)13-14-22(19)23/h2-3,7-8,11,13-14H,1,4-6,9-10,12,15-16H2. The summed E-state index contributed by atoms with van der Waals surface area (Å²) in [5.41, 5.74) is 4.88.